The van der Waals surface area contributed by atoms with E-state index in [9.17, 15) is 14.7 Å². The summed E-state index contributed by atoms with van der Waals surface area (Å²) in [5.74, 6) is -1.38. The topological polar surface area (TPSA) is 57.2 Å². The predicted octanol–water partition coefficient (Wildman–Crippen LogP) is -0.211. The van der Waals surface area contributed by atoms with Gasteiger partial charge in [0.15, 0.2) is 5.78 Å². The van der Waals surface area contributed by atoms with Crippen LogP contribution in [0.15, 0.2) is 18.2 Å². The van der Waals surface area contributed by atoms with Crippen molar-refractivity contribution in [3.05, 3.63) is 34.9 Å². The Bertz CT molecular complexity index is 379. The van der Waals surface area contributed by atoms with Crippen LogP contribution in [0.3, 0.4) is 0 Å². The van der Waals surface area contributed by atoms with Crippen molar-refractivity contribution in [3.8, 4) is 0 Å². The Balaban J connectivity index is 2.64. The van der Waals surface area contributed by atoms with E-state index in [1.807, 2.05) is 0 Å². The summed E-state index contributed by atoms with van der Waals surface area (Å²) in [6.07, 6.45) is 0.358. The van der Waals surface area contributed by atoms with Crippen LogP contribution in [0.2, 0.25) is 0 Å². The fourth-order valence-electron chi connectivity index (χ4n) is 1.40. The number of carboxylic acids is 1. The minimum absolute atomic E-state index is 0.0174. The van der Waals surface area contributed by atoms with Gasteiger partial charge in [0.05, 0.1) is 5.97 Å². The quantitative estimate of drug-likeness (QED) is 0.572. The lowest BCUT2D eigenvalue weighted by atomic mass is 9.83. The van der Waals surface area contributed by atoms with Crippen LogP contribution >= 0.6 is 0 Å². The molecule has 1 aliphatic carbocycles. The van der Waals surface area contributed by atoms with E-state index in [-0.39, 0.29) is 11.3 Å². The third-order valence-electron chi connectivity index (χ3n) is 2.00. The molecule has 1 aromatic carbocycles. The standard InChI is InChI=1S/C9H6O3/c10-7-4-5-2-1-3-6(8(5)7)9(11)12/h1-3H,4H2,(H,11,12)/p-1. The van der Waals surface area contributed by atoms with E-state index in [1.54, 1.807) is 12.1 Å². The lowest BCUT2D eigenvalue weighted by Crippen LogP contribution is -2.30. The van der Waals surface area contributed by atoms with Crippen LogP contribution in [-0.2, 0) is 6.42 Å². The molecule has 1 aromatic rings. The van der Waals surface area contributed by atoms with Gasteiger partial charge in [-0.1, -0.05) is 18.2 Å². The van der Waals surface area contributed by atoms with E-state index in [0.29, 0.717) is 12.0 Å². The van der Waals surface area contributed by atoms with Gasteiger partial charge < -0.3 is 9.90 Å². The van der Waals surface area contributed by atoms with Gasteiger partial charge >= 0.3 is 0 Å². The lowest BCUT2D eigenvalue weighted by Gasteiger charge is -2.20. The van der Waals surface area contributed by atoms with Gasteiger partial charge in [-0.05, 0) is 5.56 Å². The largest absolute Gasteiger partial charge is 0.545 e. The molecule has 0 N–H and O–H groups in total. The summed E-state index contributed by atoms with van der Waals surface area (Å²) in [7, 11) is 0. The maximum absolute atomic E-state index is 11.0. The molecule has 0 heterocycles. The van der Waals surface area contributed by atoms with E-state index < -0.39 is 5.97 Å². The second kappa shape index (κ2) is 2.17. The van der Waals surface area contributed by atoms with E-state index in [1.165, 1.54) is 6.07 Å². The Hall–Kier alpha value is -1.64. The minimum Gasteiger partial charge on any atom is -0.545 e. The van der Waals surface area contributed by atoms with Gasteiger partial charge in [-0.15, -0.1) is 0 Å². The molecule has 60 valence electrons. The SMILES string of the molecule is O=C([O-])c1cccc2c1C(=O)C2. The van der Waals surface area contributed by atoms with Crippen molar-refractivity contribution in [2.45, 2.75) is 6.42 Å². The average Bonchev–Trinajstić information content (AvgIpc) is 2.01. The predicted molar refractivity (Wildman–Crippen MR) is 38.8 cm³/mol. The highest BCUT2D eigenvalue weighted by Gasteiger charge is 2.25. The van der Waals surface area contributed by atoms with Crippen LogP contribution in [0.25, 0.3) is 0 Å². The van der Waals surface area contributed by atoms with Crippen LogP contribution < -0.4 is 5.11 Å². The summed E-state index contributed by atoms with van der Waals surface area (Å²) in [5.41, 5.74) is 1.16. The van der Waals surface area contributed by atoms with Crippen LogP contribution in [0.1, 0.15) is 26.3 Å². The molecule has 0 aliphatic heterocycles. The zero-order valence-corrected chi connectivity index (χ0v) is 6.16. The van der Waals surface area contributed by atoms with Crippen molar-refractivity contribution in [1.82, 2.24) is 0 Å². The Morgan fingerprint density at radius 1 is 1.42 bits per heavy atom. The second-order valence-electron chi connectivity index (χ2n) is 2.73. The zero-order valence-electron chi connectivity index (χ0n) is 6.16. The van der Waals surface area contributed by atoms with Crippen molar-refractivity contribution in [3.63, 3.8) is 0 Å². The first-order valence-corrected chi connectivity index (χ1v) is 3.56. The molecule has 0 spiro atoms. The number of benzene rings is 1. The number of aromatic carboxylic acids is 1. The lowest BCUT2D eigenvalue weighted by molar-refractivity contribution is -0.255. The maximum Gasteiger partial charge on any atom is 0.168 e. The fourth-order valence-corrected chi connectivity index (χ4v) is 1.40. The molecule has 0 radical (unpaired) electrons. The van der Waals surface area contributed by atoms with Gasteiger partial charge in [0.25, 0.3) is 0 Å². The first-order valence-electron chi connectivity index (χ1n) is 3.56. The third kappa shape index (κ3) is 0.763. The number of fused-ring (bicyclic) bond motifs is 1. The summed E-state index contributed by atoms with van der Waals surface area (Å²) in [6.45, 7) is 0. The number of carboxylic acid groups (broad SMARTS) is 1. The molecule has 0 aromatic heterocycles. The van der Waals surface area contributed by atoms with Gasteiger partial charge in [0.2, 0.25) is 0 Å². The summed E-state index contributed by atoms with van der Waals surface area (Å²) in [4.78, 5) is 21.4. The molecule has 0 fully saturated rings. The van der Waals surface area contributed by atoms with Crippen molar-refractivity contribution in [2.24, 2.45) is 0 Å². The Morgan fingerprint density at radius 3 is 2.67 bits per heavy atom. The fraction of sp³-hybridized carbons (Fsp3) is 0.111. The second-order valence-corrected chi connectivity index (χ2v) is 2.73. The molecular formula is C9H5O3-. The van der Waals surface area contributed by atoms with Crippen molar-refractivity contribution >= 4 is 11.8 Å². The van der Waals surface area contributed by atoms with Crippen molar-refractivity contribution < 1.29 is 14.7 Å². The van der Waals surface area contributed by atoms with Crippen molar-refractivity contribution in [2.75, 3.05) is 0 Å². The highest BCUT2D eigenvalue weighted by atomic mass is 16.4. The molecule has 0 atom stereocenters. The first kappa shape index (κ1) is 7.03. The summed E-state index contributed by atoms with van der Waals surface area (Å²) < 4.78 is 0. The molecule has 0 saturated carbocycles. The van der Waals surface area contributed by atoms with Crippen LogP contribution in [-0.4, -0.2) is 11.8 Å². The number of hydrogen-bond donors (Lipinski definition) is 0. The summed E-state index contributed by atoms with van der Waals surface area (Å²) in [6, 6.07) is 4.77. The van der Waals surface area contributed by atoms with Gasteiger partial charge in [-0.25, -0.2) is 0 Å². The molecule has 0 bridgehead atoms. The molecule has 0 saturated heterocycles. The summed E-state index contributed by atoms with van der Waals surface area (Å²) in [5, 5.41) is 10.5. The first-order chi connectivity index (χ1) is 5.70. The molecule has 3 nitrogen and oxygen atoms in total. The van der Waals surface area contributed by atoms with Gasteiger partial charge in [-0.2, -0.15) is 0 Å². The van der Waals surface area contributed by atoms with E-state index in [4.69, 9.17) is 0 Å². The van der Waals surface area contributed by atoms with E-state index >= 15 is 0 Å². The maximum atomic E-state index is 11.0. The monoisotopic (exact) mass is 161 g/mol. The highest BCUT2D eigenvalue weighted by molar-refractivity contribution is 6.13. The normalized spacial score (nSPS) is 13.5. The molecule has 1 aliphatic rings. The number of hydrogen-bond acceptors (Lipinski definition) is 3. The Labute approximate surface area is 68.6 Å². The van der Waals surface area contributed by atoms with E-state index in [0.717, 1.165) is 5.56 Å². The van der Waals surface area contributed by atoms with Crippen molar-refractivity contribution in [1.29, 1.82) is 0 Å². The molecular weight excluding hydrogens is 156 g/mol. The van der Waals surface area contributed by atoms with Gasteiger partial charge in [0.1, 0.15) is 0 Å². The van der Waals surface area contributed by atoms with Gasteiger partial charge in [0, 0.05) is 17.5 Å². The number of ketones is 1. The molecule has 0 amide bonds. The number of carbonyl (C=O) groups excluding carboxylic acids is 2. The molecule has 3 heteroatoms. The van der Waals surface area contributed by atoms with Crippen LogP contribution in [0.5, 0.6) is 0 Å². The van der Waals surface area contributed by atoms with Gasteiger partial charge in [-0.3, -0.25) is 4.79 Å². The highest BCUT2D eigenvalue weighted by Crippen LogP contribution is 2.25. The number of Topliss-reactive ketones (excluding diaryl/α,β-unsaturated/α-hetero) is 1. The smallest absolute Gasteiger partial charge is 0.168 e. The Morgan fingerprint density at radius 2 is 2.17 bits per heavy atom. The molecule has 2 rings (SSSR count). The van der Waals surface area contributed by atoms with Crippen LogP contribution in [0.4, 0.5) is 0 Å². The van der Waals surface area contributed by atoms with Crippen LogP contribution in [0, 0.1) is 0 Å². The van der Waals surface area contributed by atoms with E-state index in [2.05, 4.69) is 0 Å². The molecule has 0 unspecified atom stereocenters. The average molecular weight is 161 g/mol. The number of rotatable bonds is 1. The molecule has 12 heavy (non-hydrogen) atoms. The minimum atomic E-state index is -1.28. The zero-order chi connectivity index (χ0) is 8.72. The third-order valence-corrected chi connectivity index (χ3v) is 2.00. The summed E-state index contributed by atoms with van der Waals surface area (Å²) >= 11 is 0. The number of carbonyl (C=O) groups is 2. The Kier molecular flexibility index (Phi) is 1.27.